The Balaban J connectivity index is 2.04. The van der Waals surface area contributed by atoms with Gasteiger partial charge in [0.15, 0.2) is 5.78 Å². The summed E-state index contributed by atoms with van der Waals surface area (Å²) in [5, 5.41) is 0. The average Bonchev–Trinajstić information content (AvgIpc) is 2.33. The van der Waals surface area contributed by atoms with Crippen LogP contribution >= 0.6 is 0 Å². The molecule has 0 aliphatic carbocycles. The zero-order chi connectivity index (χ0) is 12.5. The fourth-order valence-electron chi connectivity index (χ4n) is 2.21. The van der Waals surface area contributed by atoms with E-state index in [0.717, 1.165) is 19.5 Å². The SMILES string of the molecule is CCCCCCCCC(=O)C1CN(C)CCO1. The van der Waals surface area contributed by atoms with E-state index in [1.807, 2.05) is 7.05 Å². The normalized spacial score (nSPS) is 21.6. The Morgan fingerprint density at radius 2 is 1.94 bits per heavy atom. The van der Waals surface area contributed by atoms with Crippen LogP contribution in [-0.2, 0) is 9.53 Å². The fraction of sp³-hybridized carbons (Fsp3) is 0.929. The molecule has 0 aromatic heterocycles. The molecular weight excluding hydrogens is 214 g/mol. The van der Waals surface area contributed by atoms with Crippen molar-refractivity contribution in [3.05, 3.63) is 0 Å². The van der Waals surface area contributed by atoms with Crippen molar-refractivity contribution in [1.29, 1.82) is 0 Å². The van der Waals surface area contributed by atoms with Crippen molar-refractivity contribution >= 4 is 5.78 Å². The second-order valence-corrected chi connectivity index (χ2v) is 5.11. The van der Waals surface area contributed by atoms with Crippen LogP contribution in [0.3, 0.4) is 0 Å². The maximum atomic E-state index is 11.9. The number of hydrogen-bond donors (Lipinski definition) is 0. The summed E-state index contributed by atoms with van der Waals surface area (Å²) in [6.07, 6.45) is 7.95. The van der Waals surface area contributed by atoms with Gasteiger partial charge in [0, 0.05) is 19.5 Å². The van der Waals surface area contributed by atoms with Crippen LogP contribution in [0.25, 0.3) is 0 Å². The molecule has 0 saturated carbocycles. The van der Waals surface area contributed by atoms with Crippen molar-refractivity contribution in [2.45, 2.75) is 58.0 Å². The minimum absolute atomic E-state index is 0.163. The maximum Gasteiger partial charge on any atom is 0.162 e. The van der Waals surface area contributed by atoms with Gasteiger partial charge < -0.3 is 9.64 Å². The molecule has 3 heteroatoms. The highest BCUT2D eigenvalue weighted by atomic mass is 16.5. The van der Waals surface area contributed by atoms with E-state index in [0.29, 0.717) is 18.8 Å². The van der Waals surface area contributed by atoms with Gasteiger partial charge in [-0.3, -0.25) is 4.79 Å². The van der Waals surface area contributed by atoms with Gasteiger partial charge >= 0.3 is 0 Å². The number of likely N-dealkylation sites (N-methyl/N-ethyl adjacent to an activating group) is 1. The molecule has 0 aromatic rings. The third-order valence-electron chi connectivity index (χ3n) is 3.41. The van der Waals surface area contributed by atoms with Gasteiger partial charge in [0.25, 0.3) is 0 Å². The molecule has 1 saturated heterocycles. The summed E-state index contributed by atoms with van der Waals surface area (Å²) in [6.45, 7) is 4.64. The first-order chi connectivity index (χ1) is 8.24. The summed E-state index contributed by atoms with van der Waals surface area (Å²) in [7, 11) is 2.05. The summed E-state index contributed by atoms with van der Waals surface area (Å²) in [5.74, 6) is 0.298. The molecule has 1 atom stereocenters. The molecule has 0 radical (unpaired) electrons. The molecule has 1 aliphatic heterocycles. The lowest BCUT2D eigenvalue weighted by Crippen LogP contribution is -2.44. The predicted octanol–water partition coefficient (Wildman–Crippen LogP) is 2.64. The third-order valence-corrected chi connectivity index (χ3v) is 3.41. The molecule has 100 valence electrons. The van der Waals surface area contributed by atoms with Crippen LogP contribution in [-0.4, -0.2) is 43.5 Å². The summed E-state index contributed by atoms with van der Waals surface area (Å²) in [5.41, 5.74) is 0. The molecule has 1 aliphatic rings. The summed E-state index contributed by atoms with van der Waals surface area (Å²) in [6, 6.07) is 0. The third kappa shape index (κ3) is 6.18. The second kappa shape index (κ2) is 8.65. The summed E-state index contributed by atoms with van der Waals surface area (Å²) < 4.78 is 5.51. The van der Waals surface area contributed by atoms with Crippen LogP contribution in [0.2, 0.25) is 0 Å². The molecule has 1 unspecified atom stereocenters. The molecule has 0 N–H and O–H groups in total. The molecule has 0 spiro atoms. The number of nitrogens with zero attached hydrogens (tertiary/aromatic N) is 1. The van der Waals surface area contributed by atoms with Crippen LogP contribution in [0.15, 0.2) is 0 Å². The topological polar surface area (TPSA) is 29.5 Å². The van der Waals surface area contributed by atoms with Crippen molar-refractivity contribution in [2.75, 3.05) is 26.7 Å². The van der Waals surface area contributed by atoms with Crippen LogP contribution < -0.4 is 0 Å². The number of rotatable bonds is 8. The van der Waals surface area contributed by atoms with E-state index in [1.165, 1.54) is 32.1 Å². The second-order valence-electron chi connectivity index (χ2n) is 5.11. The van der Waals surface area contributed by atoms with Crippen molar-refractivity contribution in [2.24, 2.45) is 0 Å². The Bertz CT molecular complexity index is 218. The first kappa shape index (κ1) is 14.7. The Labute approximate surface area is 106 Å². The maximum absolute atomic E-state index is 11.9. The van der Waals surface area contributed by atoms with E-state index < -0.39 is 0 Å². The first-order valence-electron chi connectivity index (χ1n) is 7.07. The highest BCUT2D eigenvalue weighted by molar-refractivity contribution is 5.83. The highest BCUT2D eigenvalue weighted by Crippen LogP contribution is 2.11. The Hall–Kier alpha value is -0.410. The van der Waals surface area contributed by atoms with Crippen LogP contribution in [0.4, 0.5) is 0 Å². The molecular formula is C14H27NO2. The van der Waals surface area contributed by atoms with E-state index >= 15 is 0 Å². The number of carbonyl (C=O) groups is 1. The largest absolute Gasteiger partial charge is 0.368 e. The van der Waals surface area contributed by atoms with Gasteiger partial charge in [-0.25, -0.2) is 0 Å². The molecule has 0 aromatic carbocycles. The molecule has 17 heavy (non-hydrogen) atoms. The zero-order valence-corrected chi connectivity index (χ0v) is 11.4. The van der Waals surface area contributed by atoms with Gasteiger partial charge in [0.1, 0.15) is 6.10 Å². The minimum atomic E-state index is -0.163. The van der Waals surface area contributed by atoms with Gasteiger partial charge in [0.05, 0.1) is 6.61 Å². The molecule has 1 heterocycles. The van der Waals surface area contributed by atoms with Gasteiger partial charge in [0.2, 0.25) is 0 Å². The Morgan fingerprint density at radius 3 is 2.65 bits per heavy atom. The summed E-state index contributed by atoms with van der Waals surface area (Å²) in [4.78, 5) is 14.1. The lowest BCUT2D eigenvalue weighted by Gasteiger charge is -2.29. The highest BCUT2D eigenvalue weighted by Gasteiger charge is 2.23. The smallest absolute Gasteiger partial charge is 0.162 e. The first-order valence-corrected chi connectivity index (χ1v) is 7.07. The zero-order valence-electron chi connectivity index (χ0n) is 11.4. The fourth-order valence-corrected chi connectivity index (χ4v) is 2.21. The predicted molar refractivity (Wildman–Crippen MR) is 70.2 cm³/mol. The van der Waals surface area contributed by atoms with E-state index in [4.69, 9.17) is 4.74 Å². The Kier molecular flexibility index (Phi) is 7.45. The molecule has 1 rings (SSSR count). The monoisotopic (exact) mass is 241 g/mol. The van der Waals surface area contributed by atoms with Gasteiger partial charge in [-0.15, -0.1) is 0 Å². The van der Waals surface area contributed by atoms with Gasteiger partial charge in [-0.2, -0.15) is 0 Å². The summed E-state index contributed by atoms with van der Waals surface area (Å²) >= 11 is 0. The number of ketones is 1. The number of carbonyl (C=O) groups excluding carboxylic acids is 1. The number of hydrogen-bond acceptors (Lipinski definition) is 3. The van der Waals surface area contributed by atoms with Crippen LogP contribution in [0, 0.1) is 0 Å². The molecule has 0 amide bonds. The average molecular weight is 241 g/mol. The van der Waals surface area contributed by atoms with Crippen LogP contribution in [0.5, 0.6) is 0 Å². The lowest BCUT2D eigenvalue weighted by molar-refractivity contribution is -0.135. The molecule has 1 fully saturated rings. The van der Waals surface area contributed by atoms with Crippen molar-refractivity contribution in [3.63, 3.8) is 0 Å². The number of Topliss-reactive ketones (excluding diaryl/α,β-unsaturated/α-hetero) is 1. The quantitative estimate of drug-likeness (QED) is 0.612. The lowest BCUT2D eigenvalue weighted by atomic mass is 10.0. The van der Waals surface area contributed by atoms with E-state index in [-0.39, 0.29) is 6.10 Å². The standard InChI is InChI=1S/C14H27NO2/c1-3-4-5-6-7-8-9-13(16)14-12-15(2)10-11-17-14/h14H,3-12H2,1-2H3. The van der Waals surface area contributed by atoms with Gasteiger partial charge in [-0.1, -0.05) is 39.0 Å². The van der Waals surface area contributed by atoms with Crippen molar-refractivity contribution in [1.82, 2.24) is 4.90 Å². The van der Waals surface area contributed by atoms with Crippen molar-refractivity contribution in [3.8, 4) is 0 Å². The van der Waals surface area contributed by atoms with E-state index in [1.54, 1.807) is 0 Å². The molecule has 0 bridgehead atoms. The minimum Gasteiger partial charge on any atom is -0.368 e. The van der Waals surface area contributed by atoms with Crippen LogP contribution in [0.1, 0.15) is 51.9 Å². The van der Waals surface area contributed by atoms with E-state index in [9.17, 15) is 4.79 Å². The number of unbranched alkanes of at least 4 members (excludes halogenated alkanes) is 5. The van der Waals surface area contributed by atoms with Crippen molar-refractivity contribution < 1.29 is 9.53 Å². The van der Waals surface area contributed by atoms with Gasteiger partial charge in [-0.05, 0) is 13.5 Å². The van der Waals surface area contributed by atoms with E-state index in [2.05, 4.69) is 11.8 Å². The number of morpholine rings is 1. The number of ether oxygens (including phenoxy) is 1. The Morgan fingerprint density at radius 1 is 1.24 bits per heavy atom. The molecule has 3 nitrogen and oxygen atoms in total.